The van der Waals surface area contributed by atoms with Crippen LogP contribution >= 0.6 is 23.1 Å². The van der Waals surface area contributed by atoms with Gasteiger partial charge in [0.15, 0.2) is 16.9 Å². The summed E-state index contributed by atoms with van der Waals surface area (Å²) >= 11 is 2.81. The zero-order chi connectivity index (χ0) is 43.2. The lowest BCUT2D eigenvalue weighted by Gasteiger charge is -2.50. The van der Waals surface area contributed by atoms with Crippen molar-refractivity contribution in [3.05, 3.63) is 202 Å². The molecule has 0 radical (unpaired) electrons. The van der Waals surface area contributed by atoms with Gasteiger partial charge >= 0.3 is 5.97 Å². The number of nitrogens with zero attached hydrogens (tertiary/aromatic N) is 3. The average molecular weight is 876 g/mol. The molecule has 2 N–H and O–H groups in total. The number of β-lactam (4-membered cyclic amide) rings is 1. The molecule has 13 heteroatoms. The van der Waals surface area contributed by atoms with Crippen LogP contribution in [0.1, 0.15) is 58.9 Å². The van der Waals surface area contributed by atoms with Crippen molar-refractivity contribution in [3.63, 3.8) is 0 Å². The van der Waals surface area contributed by atoms with Gasteiger partial charge in [0.2, 0.25) is 0 Å². The fourth-order valence-corrected chi connectivity index (χ4v) is 10.7. The molecule has 6 aromatic rings. The van der Waals surface area contributed by atoms with E-state index in [1.54, 1.807) is 5.38 Å². The monoisotopic (exact) mass is 875 g/mol. The van der Waals surface area contributed by atoms with Crippen molar-refractivity contribution in [1.82, 2.24) is 15.2 Å². The quantitative estimate of drug-likeness (QED) is 0.0343. The van der Waals surface area contributed by atoms with Crippen LogP contribution in [-0.4, -0.2) is 70.4 Å². The predicted molar refractivity (Wildman–Crippen MR) is 245 cm³/mol. The summed E-state index contributed by atoms with van der Waals surface area (Å²) in [5.41, 5.74) is 4.90. The number of nitrogens with one attached hydrogen (secondary N) is 2. The summed E-state index contributed by atoms with van der Waals surface area (Å²) in [4.78, 5) is 54.5. The molecule has 2 unspecified atom stereocenters. The molecule has 4 heterocycles. The minimum atomic E-state index is -0.950. The Morgan fingerprint density at radius 2 is 1.40 bits per heavy atom. The molecule has 0 spiro atoms. The van der Waals surface area contributed by atoms with Crippen molar-refractivity contribution in [2.75, 3.05) is 24.8 Å². The molecule has 2 amide bonds. The van der Waals surface area contributed by atoms with E-state index in [9.17, 15) is 14.4 Å². The number of amides is 2. The molecule has 63 heavy (non-hydrogen) atoms. The number of oxime groups is 1. The number of thiazole rings is 1. The first-order valence-corrected chi connectivity index (χ1v) is 22.8. The normalized spacial score (nSPS) is 18.7. The van der Waals surface area contributed by atoms with Crippen LogP contribution in [0.15, 0.2) is 173 Å². The molecule has 9 rings (SSSR count). The number of carbonyl (C=O) groups excluding carboxylic acids is 3. The van der Waals surface area contributed by atoms with E-state index in [-0.39, 0.29) is 23.2 Å². The summed E-state index contributed by atoms with van der Waals surface area (Å²) in [7, 11) is 1.35. The molecular weight excluding hydrogens is 831 g/mol. The zero-order valence-electron chi connectivity index (χ0n) is 34.5. The van der Waals surface area contributed by atoms with E-state index >= 15 is 0 Å². The number of thioether (sulfide) groups is 1. The molecule has 0 saturated carbocycles. The highest BCUT2D eigenvalue weighted by atomic mass is 32.2. The predicted octanol–water partition coefficient (Wildman–Crippen LogP) is 8.45. The highest BCUT2D eigenvalue weighted by Gasteiger charge is 2.55. The van der Waals surface area contributed by atoms with Gasteiger partial charge < -0.3 is 24.9 Å². The summed E-state index contributed by atoms with van der Waals surface area (Å²) < 4.78 is 12.3. The van der Waals surface area contributed by atoms with Gasteiger partial charge in [-0.3, -0.25) is 14.5 Å². The van der Waals surface area contributed by atoms with Crippen LogP contribution in [0.4, 0.5) is 5.13 Å². The van der Waals surface area contributed by atoms with Gasteiger partial charge in [0.25, 0.3) is 11.8 Å². The van der Waals surface area contributed by atoms with Crippen LogP contribution < -0.4 is 10.6 Å². The second kappa shape index (κ2) is 18.8. The van der Waals surface area contributed by atoms with Gasteiger partial charge in [-0.05, 0) is 52.7 Å². The zero-order valence-corrected chi connectivity index (χ0v) is 36.1. The summed E-state index contributed by atoms with van der Waals surface area (Å²) in [6.07, 6.45) is 1.53. The van der Waals surface area contributed by atoms with Gasteiger partial charge in [-0.2, -0.15) is 0 Å². The molecule has 3 aliphatic heterocycles. The first-order chi connectivity index (χ1) is 30.9. The number of rotatable bonds is 15. The molecule has 5 aromatic carbocycles. The van der Waals surface area contributed by atoms with Gasteiger partial charge in [-0.15, -0.1) is 23.1 Å². The molecule has 3 aliphatic rings. The van der Waals surface area contributed by atoms with Crippen LogP contribution in [0.2, 0.25) is 0 Å². The van der Waals surface area contributed by atoms with Crippen molar-refractivity contribution >= 4 is 51.7 Å². The number of benzene rings is 5. The molecular formula is C50H45N5O6S2. The number of aromatic nitrogens is 1. The number of carbonyl (C=O) groups is 3. The Balaban J connectivity index is 0.976. The van der Waals surface area contributed by atoms with Gasteiger partial charge in [0, 0.05) is 17.7 Å². The molecule has 318 valence electrons. The number of hydrogen-bond acceptors (Lipinski definition) is 11. The Morgan fingerprint density at radius 1 is 0.841 bits per heavy atom. The van der Waals surface area contributed by atoms with Gasteiger partial charge in [0.1, 0.15) is 35.5 Å². The molecule has 3 atom stereocenters. The number of hydrogen-bond donors (Lipinski definition) is 2. The van der Waals surface area contributed by atoms with Crippen molar-refractivity contribution in [2.24, 2.45) is 5.16 Å². The van der Waals surface area contributed by atoms with Crippen LogP contribution in [0.3, 0.4) is 0 Å². The second-order valence-electron chi connectivity index (χ2n) is 15.4. The molecule has 1 aromatic heterocycles. The van der Waals surface area contributed by atoms with E-state index in [0.717, 1.165) is 46.2 Å². The maximum atomic E-state index is 14.5. The number of esters is 1. The first-order valence-electron chi connectivity index (χ1n) is 20.9. The lowest BCUT2D eigenvalue weighted by atomic mass is 9.77. The lowest BCUT2D eigenvalue weighted by molar-refractivity contribution is -0.154. The first kappa shape index (κ1) is 41.8. The van der Waals surface area contributed by atoms with E-state index < -0.39 is 40.8 Å². The Kier molecular flexibility index (Phi) is 12.5. The van der Waals surface area contributed by atoms with Crippen molar-refractivity contribution in [2.45, 2.75) is 48.4 Å². The topological polar surface area (TPSA) is 131 Å². The average Bonchev–Trinajstić information content (AvgIpc) is 4.04. The standard InChI is InChI=1S/C50H45N5O6S2/c1-59-54-41(40-32-63-49(51-40)53-50(36-22-11-4-12-23-36,37-24-13-5-14-25-37)38-26-15-6-16-27-38)45(56)52-42-46(57)55-43(35(31-62-47(42)55)30-39-28-17-29-60-39)48(58)61-44(33-18-7-2-8-19-33)34-20-9-3-10-21-34/h2-16,18-27,32,39,42,44,47H,17,28-31H2,1H3,(H,51,53)(H,52,56)/t39?,42?,47-/m0/s1. The molecule has 2 saturated heterocycles. The number of fused-ring (bicyclic) bond motifs is 1. The van der Waals surface area contributed by atoms with E-state index in [1.165, 1.54) is 35.1 Å². The summed E-state index contributed by atoms with van der Waals surface area (Å²) in [5, 5.41) is 12.5. The molecule has 2 fully saturated rings. The Morgan fingerprint density at radius 3 is 1.92 bits per heavy atom. The number of ether oxygens (including phenoxy) is 2. The summed E-state index contributed by atoms with van der Waals surface area (Å²) in [5.74, 6) is -1.22. The largest absolute Gasteiger partial charge is 0.448 e. The van der Waals surface area contributed by atoms with E-state index in [1.807, 2.05) is 115 Å². The van der Waals surface area contributed by atoms with Crippen LogP contribution in [-0.2, 0) is 34.2 Å². The summed E-state index contributed by atoms with van der Waals surface area (Å²) in [6.45, 7) is 0.657. The highest BCUT2D eigenvalue weighted by Crippen LogP contribution is 2.44. The van der Waals surface area contributed by atoms with Gasteiger partial charge in [-0.25, -0.2) is 9.78 Å². The van der Waals surface area contributed by atoms with E-state index in [4.69, 9.17) is 19.3 Å². The van der Waals surface area contributed by atoms with Crippen molar-refractivity contribution < 1.29 is 28.7 Å². The molecule has 11 nitrogen and oxygen atoms in total. The molecule has 0 bridgehead atoms. The van der Waals surface area contributed by atoms with Crippen LogP contribution in [0, 0.1) is 0 Å². The third-order valence-electron chi connectivity index (χ3n) is 11.5. The van der Waals surface area contributed by atoms with Gasteiger partial charge in [-0.1, -0.05) is 157 Å². The van der Waals surface area contributed by atoms with Crippen LogP contribution in [0.5, 0.6) is 0 Å². The Labute approximate surface area is 374 Å². The fraction of sp³-hybridized carbons (Fsp3) is 0.220. The van der Waals surface area contributed by atoms with Gasteiger partial charge in [0.05, 0.1) is 6.10 Å². The van der Waals surface area contributed by atoms with E-state index in [0.29, 0.717) is 23.9 Å². The van der Waals surface area contributed by atoms with Crippen molar-refractivity contribution in [3.8, 4) is 0 Å². The smallest absolute Gasteiger partial charge is 0.356 e. The maximum Gasteiger partial charge on any atom is 0.356 e. The summed E-state index contributed by atoms with van der Waals surface area (Å²) in [6, 6.07) is 48.6. The fourth-order valence-electron chi connectivity index (χ4n) is 8.54. The SMILES string of the molecule is CON=C(C(=O)NC1C(=O)N2C(C(=O)OC(c3ccccc3)c3ccccc3)=C(CC3CCCO3)CS[C@@H]12)c1csc(NC(c2ccccc2)(c2ccccc2)c2ccccc2)n1. The van der Waals surface area contributed by atoms with Crippen LogP contribution in [0.25, 0.3) is 0 Å². The minimum Gasteiger partial charge on any atom is -0.448 e. The minimum absolute atomic E-state index is 0.0607. The molecule has 0 aliphatic carbocycles. The van der Waals surface area contributed by atoms with E-state index in [2.05, 4.69) is 52.2 Å². The lowest BCUT2D eigenvalue weighted by Crippen LogP contribution is -2.71. The third kappa shape index (κ3) is 8.51. The van der Waals surface area contributed by atoms with Crippen molar-refractivity contribution in [1.29, 1.82) is 0 Å². The third-order valence-corrected chi connectivity index (χ3v) is 13.6. The Bertz CT molecular complexity index is 2470. The maximum absolute atomic E-state index is 14.5. The highest BCUT2D eigenvalue weighted by molar-refractivity contribution is 8.00. The number of anilines is 1. The Hall–Kier alpha value is -6.54. The second-order valence-corrected chi connectivity index (χ2v) is 17.4.